The fourth-order valence-corrected chi connectivity index (χ4v) is 5.64. The lowest BCUT2D eigenvalue weighted by molar-refractivity contribution is 0.0988. The monoisotopic (exact) mass is 686 g/mol. The number of ketones is 1. The standard InChI is InChI=1S/C17H11BrF2O2.C15H9BrF2O/c1-9(21)16-13(6-10-3-2-4-11(19)5-10)14-7-12(20)8-15(18)17(14)22-16;16-14-7-12(18)6-13-10(8-19-15(13)14)4-9-2-1-3-11(17)5-9/h2-5,7-8H,6H2,1H3;1-3,5-8H,4H2. The molecule has 208 valence electrons. The lowest BCUT2D eigenvalue weighted by Gasteiger charge is -2.02. The summed E-state index contributed by atoms with van der Waals surface area (Å²) in [5, 5.41) is 1.22. The summed E-state index contributed by atoms with van der Waals surface area (Å²) in [6, 6.07) is 17.8. The van der Waals surface area contributed by atoms with E-state index in [4.69, 9.17) is 8.83 Å². The molecular formula is C32H20Br2F4O3. The van der Waals surface area contributed by atoms with Crippen molar-refractivity contribution in [2.75, 3.05) is 0 Å². The molecule has 0 amide bonds. The first kappa shape index (κ1) is 28.8. The molecule has 4 aromatic carbocycles. The van der Waals surface area contributed by atoms with Crippen LogP contribution < -0.4 is 0 Å². The minimum absolute atomic E-state index is 0.172. The zero-order chi connectivity index (χ0) is 29.3. The lowest BCUT2D eigenvalue weighted by atomic mass is 10.0. The average molecular weight is 688 g/mol. The van der Waals surface area contributed by atoms with Gasteiger partial charge in [0.1, 0.15) is 34.4 Å². The maximum Gasteiger partial charge on any atom is 0.195 e. The van der Waals surface area contributed by atoms with Crippen LogP contribution in [0.2, 0.25) is 0 Å². The molecule has 0 fully saturated rings. The minimum Gasteiger partial charge on any atom is -0.463 e. The van der Waals surface area contributed by atoms with Crippen molar-refractivity contribution in [3.05, 3.63) is 139 Å². The number of carbonyl (C=O) groups excluding carboxylic acids is 1. The Morgan fingerprint density at radius 1 is 0.707 bits per heavy atom. The molecule has 0 bridgehead atoms. The van der Waals surface area contributed by atoms with Crippen molar-refractivity contribution < 1.29 is 31.2 Å². The van der Waals surface area contributed by atoms with Gasteiger partial charge in [-0.25, -0.2) is 17.6 Å². The van der Waals surface area contributed by atoms with Crippen LogP contribution >= 0.6 is 31.9 Å². The van der Waals surface area contributed by atoms with Crippen LogP contribution in [0, 0.1) is 23.3 Å². The van der Waals surface area contributed by atoms with Crippen molar-refractivity contribution in [3.63, 3.8) is 0 Å². The van der Waals surface area contributed by atoms with Gasteiger partial charge in [0.05, 0.1) is 15.2 Å². The van der Waals surface area contributed by atoms with Crippen molar-refractivity contribution in [2.24, 2.45) is 0 Å². The molecule has 6 rings (SSSR count). The average Bonchev–Trinajstić information content (AvgIpc) is 3.46. The third-order valence-corrected chi connectivity index (χ3v) is 7.54. The van der Waals surface area contributed by atoms with E-state index in [0.717, 1.165) is 11.1 Å². The molecule has 0 aliphatic heterocycles. The van der Waals surface area contributed by atoms with Gasteiger partial charge < -0.3 is 8.83 Å². The van der Waals surface area contributed by atoms with E-state index in [1.165, 1.54) is 55.5 Å². The third-order valence-electron chi connectivity index (χ3n) is 6.36. The van der Waals surface area contributed by atoms with Crippen molar-refractivity contribution in [3.8, 4) is 0 Å². The minimum atomic E-state index is -0.434. The largest absolute Gasteiger partial charge is 0.463 e. The summed E-state index contributed by atoms with van der Waals surface area (Å²) >= 11 is 6.50. The first-order valence-electron chi connectivity index (χ1n) is 12.3. The summed E-state index contributed by atoms with van der Waals surface area (Å²) in [6.45, 7) is 1.39. The van der Waals surface area contributed by atoms with Crippen LogP contribution in [0.1, 0.15) is 39.7 Å². The van der Waals surface area contributed by atoms with Crippen molar-refractivity contribution >= 4 is 59.6 Å². The molecule has 9 heteroatoms. The molecule has 0 spiro atoms. The number of hydrogen-bond donors (Lipinski definition) is 0. The van der Waals surface area contributed by atoms with E-state index in [2.05, 4.69) is 31.9 Å². The van der Waals surface area contributed by atoms with Crippen LogP contribution in [-0.2, 0) is 12.8 Å². The quantitative estimate of drug-likeness (QED) is 0.134. The highest BCUT2D eigenvalue weighted by atomic mass is 79.9. The number of furan rings is 2. The van der Waals surface area contributed by atoms with Gasteiger partial charge in [-0.05, 0) is 91.5 Å². The van der Waals surface area contributed by atoms with Crippen LogP contribution in [0.3, 0.4) is 0 Å². The number of rotatable bonds is 5. The lowest BCUT2D eigenvalue weighted by Crippen LogP contribution is -1.97. The molecule has 6 aromatic rings. The van der Waals surface area contributed by atoms with Gasteiger partial charge in [-0.3, -0.25) is 4.79 Å². The van der Waals surface area contributed by atoms with Crippen molar-refractivity contribution in [2.45, 2.75) is 19.8 Å². The van der Waals surface area contributed by atoms with Crippen LogP contribution in [0.15, 0.2) is 96.8 Å². The maximum atomic E-state index is 13.7. The second-order valence-electron chi connectivity index (χ2n) is 9.37. The molecule has 0 saturated heterocycles. The summed E-state index contributed by atoms with van der Waals surface area (Å²) in [7, 11) is 0. The van der Waals surface area contributed by atoms with Gasteiger partial charge >= 0.3 is 0 Å². The molecule has 0 radical (unpaired) electrons. The third kappa shape index (κ3) is 6.47. The molecule has 0 N–H and O–H groups in total. The number of carbonyl (C=O) groups is 1. The normalized spacial score (nSPS) is 11.1. The zero-order valence-corrected chi connectivity index (χ0v) is 24.6. The van der Waals surface area contributed by atoms with Gasteiger partial charge in [-0.2, -0.15) is 0 Å². The Balaban J connectivity index is 0.000000166. The van der Waals surface area contributed by atoms with E-state index in [-0.39, 0.29) is 35.4 Å². The van der Waals surface area contributed by atoms with Gasteiger partial charge in [0.25, 0.3) is 0 Å². The summed E-state index contributed by atoms with van der Waals surface area (Å²) in [4.78, 5) is 11.8. The molecule has 2 heterocycles. The Morgan fingerprint density at radius 3 is 1.85 bits per heavy atom. The van der Waals surface area contributed by atoms with Crippen LogP contribution in [-0.4, -0.2) is 5.78 Å². The highest BCUT2D eigenvalue weighted by Crippen LogP contribution is 2.34. The van der Waals surface area contributed by atoms with E-state index in [1.54, 1.807) is 24.5 Å². The molecular weight excluding hydrogens is 668 g/mol. The highest BCUT2D eigenvalue weighted by Gasteiger charge is 2.20. The zero-order valence-electron chi connectivity index (χ0n) is 21.4. The van der Waals surface area contributed by atoms with E-state index >= 15 is 0 Å². The SMILES string of the molecule is CC(=O)c1oc2c(Br)cc(F)cc2c1Cc1cccc(F)c1.Fc1cccc(Cc2coc3c(Br)cc(F)cc23)c1. The second kappa shape index (κ2) is 12.0. The molecule has 0 aliphatic rings. The predicted octanol–water partition coefficient (Wildman–Crippen LogP) is 10.3. The summed E-state index contributed by atoms with van der Waals surface area (Å²) in [6.07, 6.45) is 2.37. The summed E-state index contributed by atoms with van der Waals surface area (Å²) < 4.78 is 65.6. The number of benzene rings is 4. The number of hydrogen-bond acceptors (Lipinski definition) is 3. The Hall–Kier alpha value is -3.69. The number of halogens is 6. The highest BCUT2D eigenvalue weighted by molar-refractivity contribution is 9.11. The Labute approximate surface area is 249 Å². The smallest absolute Gasteiger partial charge is 0.195 e. The Kier molecular flexibility index (Phi) is 8.47. The first-order chi connectivity index (χ1) is 19.6. The van der Waals surface area contributed by atoms with Crippen molar-refractivity contribution in [1.82, 2.24) is 0 Å². The van der Waals surface area contributed by atoms with Gasteiger partial charge in [0, 0.05) is 41.7 Å². The molecule has 41 heavy (non-hydrogen) atoms. The Bertz CT molecular complexity index is 1910. The molecule has 0 aliphatic carbocycles. The van der Waals surface area contributed by atoms with Crippen LogP contribution in [0.5, 0.6) is 0 Å². The fourth-order valence-electron chi connectivity index (χ4n) is 4.60. The van der Waals surface area contributed by atoms with Crippen LogP contribution in [0.4, 0.5) is 17.6 Å². The van der Waals surface area contributed by atoms with E-state index in [1.807, 2.05) is 6.07 Å². The summed E-state index contributed by atoms with van der Waals surface area (Å²) in [5.74, 6) is -1.49. The second-order valence-corrected chi connectivity index (χ2v) is 11.1. The molecule has 0 unspecified atom stereocenters. The fraction of sp³-hybridized carbons (Fsp3) is 0.0938. The summed E-state index contributed by atoms with van der Waals surface area (Å²) in [5.41, 5.74) is 3.92. The number of Topliss-reactive ketones (excluding diaryl/α,β-unsaturated/α-hetero) is 1. The molecule has 0 atom stereocenters. The van der Waals surface area contributed by atoms with E-state index in [0.29, 0.717) is 48.4 Å². The topological polar surface area (TPSA) is 43.4 Å². The van der Waals surface area contributed by atoms with E-state index in [9.17, 15) is 22.4 Å². The molecule has 0 saturated carbocycles. The van der Waals surface area contributed by atoms with Gasteiger partial charge in [0.2, 0.25) is 0 Å². The van der Waals surface area contributed by atoms with Gasteiger partial charge in [-0.1, -0.05) is 24.3 Å². The van der Waals surface area contributed by atoms with Gasteiger partial charge in [0.15, 0.2) is 11.5 Å². The molecule has 3 nitrogen and oxygen atoms in total. The first-order valence-corrected chi connectivity index (χ1v) is 13.9. The maximum absolute atomic E-state index is 13.7. The van der Waals surface area contributed by atoms with E-state index < -0.39 is 5.82 Å². The Morgan fingerprint density at radius 2 is 1.27 bits per heavy atom. The van der Waals surface area contributed by atoms with Crippen LogP contribution in [0.25, 0.3) is 21.9 Å². The predicted molar refractivity (Wildman–Crippen MR) is 156 cm³/mol. The van der Waals surface area contributed by atoms with Gasteiger partial charge in [-0.15, -0.1) is 0 Å². The molecule has 2 aromatic heterocycles. The van der Waals surface area contributed by atoms with Crippen molar-refractivity contribution in [1.29, 1.82) is 0 Å². The number of fused-ring (bicyclic) bond motifs is 2.